The van der Waals surface area contributed by atoms with Crippen LogP contribution in [0.25, 0.3) is 0 Å². The molecule has 1 fully saturated rings. The highest BCUT2D eigenvalue weighted by Crippen LogP contribution is 2.39. The molecule has 2 aliphatic heterocycles. The Morgan fingerprint density at radius 3 is 2.56 bits per heavy atom. The first kappa shape index (κ1) is 19.5. The number of esters is 1. The average molecular weight is 374 g/mol. The Bertz CT molecular complexity index is 592. The van der Waals surface area contributed by atoms with Crippen molar-refractivity contribution in [1.82, 2.24) is 4.90 Å². The molecule has 0 aromatic heterocycles. The molecule has 10 heteroatoms. The van der Waals surface area contributed by atoms with Gasteiger partial charge in [0.25, 0.3) is 0 Å². The SMILES string of the molecule is COCC1=C(C(=O)OC(C)OC(=O)OC(C)C)N2C(=O)[C@@H](N)[C@H]2SC1. The maximum absolute atomic E-state index is 12.5. The van der Waals surface area contributed by atoms with Crippen LogP contribution in [0.3, 0.4) is 0 Å². The summed E-state index contributed by atoms with van der Waals surface area (Å²) in [7, 11) is 1.49. The number of β-lactam (4-membered cyclic amide) rings is 1. The van der Waals surface area contributed by atoms with Gasteiger partial charge in [-0.25, -0.2) is 9.59 Å². The molecule has 0 spiro atoms. The number of hydrogen-bond acceptors (Lipinski definition) is 9. The summed E-state index contributed by atoms with van der Waals surface area (Å²) in [6.07, 6.45) is -2.48. The van der Waals surface area contributed by atoms with E-state index in [-0.39, 0.29) is 29.7 Å². The maximum Gasteiger partial charge on any atom is 0.511 e. The second-order valence-electron chi connectivity index (χ2n) is 5.83. The minimum Gasteiger partial charge on any atom is -0.431 e. The molecule has 0 aliphatic carbocycles. The van der Waals surface area contributed by atoms with Crippen molar-refractivity contribution in [2.75, 3.05) is 19.5 Å². The van der Waals surface area contributed by atoms with Crippen molar-refractivity contribution < 1.29 is 33.3 Å². The third-order valence-electron chi connectivity index (χ3n) is 3.47. The molecule has 0 bridgehead atoms. The van der Waals surface area contributed by atoms with E-state index in [9.17, 15) is 14.4 Å². The number of rotatable bonds is 6. The van der Waals surface area contributed by atoms with Crippen molar-refractivity contribution in [3.05, 3.63) is 11.3 Å². The molecule has 0 aromatic rings. The van der Waals surface area contributed by atoms with Crippen molar-refractivity contribution in [3.63, 3.8) is 0 Å². The molecule has 2 rings (SSSR count). The van der Waals surface area contributed by atoms with E-state index in [0.717, 1.165) is 0 Å². The number of carbonyl (C=O) groups is 3. The highest BCUT2D eigenvalue weighted by molar-refractivity contribution is 8.00. The number of amides is 1. The summed E-state index contributed by atoms with van der Waals surface area (Å²) in [6, 6.07) is -0.647. The molecular weight excluding hydrogens is 352 g/mol. The Morgan fingerprint density at radius 2 is 1.96 bits per heavy atom. The number of carbonyl (C=O) groups excluding carboxylic acids is 3. The molecule has 1 unspecified atom stereocenters. The lowest BCUT2D eigenvalue weighted by Crippen LogP contribution is -2.68. The van der Waals surface area contributed by atoms with Crippen LogP contribution in [0.15, 0.2) is 11.3 Å². The Hall–Kier alpha value is -1.78. The summed E-state index contributed by atoms with van der Waals surface area (Å²) in [4.78, 5) is 37.3. The smallest absolute Gasteiger partial charge is 0.431 e. The molecular formula is C15H22N2O7S. The first-order valence-corrected chi connectivity index (χ1v) is 8.80. The molecule has 9 nitrogen and oxygen atoms in total. The Labute approximate surface area is 149 Å². The van der Waals surface area contributed by atoms with E-state index in [4.69, 9.17) is 24.7 Å². The third-order valence-corrected chi connectivity index (χ3v) is 4.83. The molecule has 140 valence electrons. The fourth-order valence-corrected chi connectivity index (χ4v) is 3.71. The van der Waals surface area contributed by atoms with Gasteiger partial charge in [-0.05, 0) is 19.4 Å². The lowest BCUT2D eigenvalue weighted by atomic mass is 10.0. The first-order chi connectivity index (χ1) is 11.8. The minimum absolute atomic E-state index is 0.102. The third kappa shape index (κ3) is 4.25. The van der Waals surface area contributed by atoms with E-state index in [0.29, 0.717) is 11.3 Å². The van der Waals surface area contributed by atoms with Crippen LogP contribution in [0.2, 0.25) is 0 Å². The van der Waals surface area contributed by atoms with Gasteiger partial charge in [0, 0.05) is 19.8 Å². The van der Waals surface area contributed by atoms with Crippen LogP contribution in [0.4, 0.5) is 4.79 Å². The normalized spacial score (nSPS) is 23.8. The van der Waals surface area contributed by atoms with Gasteiger partial charge in [-0.2, -0.15) is 0 Å². The predicted molar refractivity (Wildman–Crippen MR) is 88.2 cm³/mol. The van der Waals surface area contributed by atoms with E-state index < -0.39 is 24.5 Å². The van der Waals surface area contributed by atoms with Gasteiger partial charge in [-0.1, -0.05) is 0 Å². The predicted octanol–water partition coefficient (Wildman–Crippen LogP) is 0.580. The second kappa shape index (κ2) is 8.07. The monoisotopic (exact) mass is 374 g/mol. The van der Waals surface area contributed by atoms with Gasteiger partial charge in [-0.15, -0.1) is 11.8 Å². The van der Waals surface area contributed by atoms with Gasteiger partial charge in [0.05, 0.1) is 12.7 Å². The zero-order valence-electron chi connectivity index (χ0n) is 14.5. The van der Waals surface area contributed by atoms with Gasteiger partial charge in [0.2, 0.25) is 12.2 Å². The average Bonchev–Trinajstić information content (AvgIpc) is 2.52. The van der Waals surface area contributed by atoms with Gasteiger partial charge in [0.1, 0.15) is 17.1 Å². The number of nitrogens with two attached hydrogens (primary N) is 1. The van der Waals surface area contributed by atoms with Crippen molar-refractivity contribution >= 4 is 29.8 Å². The summed E-state index contributed by atoms with van der Waals surface area (Å²) in [5.74, 6) is -0.640. The maximum atomic E-state index is 12.5. The van der Waals surface area contributed by atoms with Crippen LogP contribution in [-0.2, 0) is 28.5 Å². The Morgan fingerprint density at radius 1 is 1.28 bits per heavy atom. The molecule has 25 heavy (non-hydrogen) atoms. The molecule has 1 amide bonds. The fourth-order valence-electron chi connectivity index (χ4n) is 2.44. The van der Waals surface area contributed by atoms with Crippen LogP contribution >= 0.6 is 11.8 Å². The largest absolute Gasteiger partial charge is 0.511 e. The van der Waals surface area contributed by atoms with Crippen molar-refractivity contribution in [2.45, 2.75) is 44.6 Å². The van der Waals surface area contributed by atoms with Gasteiger partial charge < -0.3 is 24.7 Å². The summed E-state index contributed by atoms with van der Waals surface area (Å²) in [5, 5.41) is -0.308. The van der Waals surface area contributed by atoms with Crippen LogP contribution in [0.1, 0.15) is 20.8 Å². The molecule has 0 radical (unpaired) electrons. The number of nitrogens with zero attached hydrogens (tertiary/aromatic N) is 1. The van der Waals surface area contributed by atoms with E-state index in [1.807, 2.05) is 0 Å². The van der Waals surface area contributed by atoms with Crippen molar-refractivity contribution in [3.8, 4) is 0 Å². The highest BCUT2D eigenvalue weighted by atomic mass is 32.2. The molecule has 2 aliphatic rings. The highest BCUT2D eigenvalue weighted by Gasteiger charge is 2.52. The van der Waals surface area contributed by atoms with Gasteiger partial charge in [-0.3, -0.25) is 9.69 Å². The van der Waals surface area contributed by atoms with Crippen molar-refractivity contribution in [2.24, 2.45) is 5.73 Å². The molecule has 1 saturated heterocycles. The summed E-state index contributed by atoms with van der Waals surface area (Å²) >= 11 is 1.46. The summed E-state index contributed by atoms with van der Waals surface area (Å²) in [5.41, 5.74) is 6.49. The number of hydrogen-bond donors (Lipinski definition) is 1. The topological polar surface area (TPSA) is 117 Å². The Balaban J connectivity index is 2.08. The molecule has 2 N–H and O–H groups in total. The number of methoxy groups -OCH3 is 1. The van der Waals surface area contributed by atoms with Gasteiger partial charge >= 0.3 is 12.1 Å². The van der Waals surface area contributed by atoms with Crippen molar-refractivity contribution in [1.29, 1.82) is 0 Å². The Kier molecular flexibility index (Phi) is 6.31. The number of fused-ring (bicyclic) bond motifs is 1. The lowest BCUT2D eigenvalue weighted by Gasteiger charge is -2.48. The molecule has 3 atom stereocenters. The zero-order valence-corrected chi connectivity index (χ0v) is 15.3. The lowest BCUT2D eigenvalue weighted by molar-refractivity contribution is -0.169. The van der Waals surface area contributed by atoms with E-state index in [1.165, 1.54) is 30.7 Å². The van der Waals surface area contributed by atoms with Crippen LogP contribution in [0.5, 0.6) is 0 Å². The van der Waals surface area contributed by atoms with Crippen LogP contribution < -0.4 is 5.73 Å². The van der Waals surface area contributed by atoms with Gasteiger partial charge in [0.15, 0.2) is 0 Å². The van der Waals surface area contributed by atoms with Crippen LogP contribution in [-0.4, -0.2) is 66.2 Å². The van der Waals surface area contributed by atoms with E-state index in [1.54, 1.807) is 13.8 Å². The summed E-state index contributed by atoms with van der Waals surface area (Å²) < 4.78 is 19.9. The van der Waals surface area contributed by atoms with E-state index >= 15 is 0 Å². The quantitative estimate of drug-likeness (QED) is 0.404. The molecule has 0 saturated carbocycles. The number of ether oxygens (including phenoxy) is 4. The zero-order chi connectivity index (χ0) is 18.7. The summed E-state index contributed by atoms with van der Waals surface area (Å²) in [6.45, 7) is 4.89. The standard InChI is InChI=1S/C15H22N2O7S/c1-7(2)22-15(20)24-8(3)23-14(19)11-9(5-21-4)6-25-13-10(16)12(18)17(11)13/h7-8,10,13H,5-6,16H2,1-4H3/t8?,10-,13-/m1/s1. The second-order valence-corrected chi connectivity index (χ2v) is 6.93. The number of thioether (sulfide) groups is 1. The fraction of sp³-hybridized carbons (Fsp3) is 0.667. The van der Waals surface area contributed by atoms with E-state index in [2.05, 4.69) is 0 Å². The van der Waals surface area contributed by atoms with Crippen LogP contribution in [0, 0.1) is 0 Å². The minimum atomic E-state index is -1.17. The molecule has 0 aromatic carbocycles. The first-order valence-electron chi connectivity index (χ1n) is 7.75. The molecule has 2 heterocycles.